The third-order valence-electron chi connectivity index (χ3n) is 2.64. The van der Waals surface area contributed by atoms with Crippen LogP contribution < -0.4 is 10.6 Å². The largest absolute Gasteiger partial charge is 0.356 e. The highest BCUT2D eigenvalue weighted by Gasteiger charge is 2.19. The van der Waals surface area contributed by atoms with Crippen LogP contribution in [0.25, 0.3) is 0 Å². The molecule has 1 aliphatic rings. The molecule has 0 aromatic carbocycles. The summed E-state index contributed by atoms with van der Waals surface area (Å²) in [5.41, 5.74) is 0. The van der Waals surface area contributed by atoms with E-state index in [2.05, 4.69) is 22.1 Å². The molecule has 0 atom stereocenters. The Hall–Kier alpha value is -0.870. The van der Waals surface area contributed by atoms with Crippen LogP contribution in [0.2, 0.25) is 0 Å². The fraction of sp³-hybridized carbons (Fsp3) is 0.583. The number of amides is 1. The molecule has 0 bridgehead atoms. The molecule has 88 valence electrons. The maximum absolute atomic E-state index is 11.4. The van der Waals surface area contributed by atoms with Crippen molar-refractivity contribution in [3.63, 3.8) is 0 Å². The van der Waals surface area contributed by atoms with Crippen LogP contribution in [0.3, 0.4) is 0 Å². The second kappa shape index (κ2) is 6.01. The molecular weight excluding hydrogens is 220 g/mol. The first-order chi connectivity index (χ1) is 7.84. The van der Waals surface area contributed by atoms with Crippen molar-refractivity contribution in [2.24, 2.45) is 0 Å². The maximum Gasteiger partial charge on any atom is 0.221 e. The van der Waals surface area contributed by atoms with E-state index in [0.717, 1.165) is 19.5 Å². The van der Waals surface area contributed by atoms with Crippen LogP contribution in [-0.2, 0) is 11.2 Å². The lowest BCUT2D eigenvalue weighted by Crippen LogP contribution is -2.29. The Bertz CT molecular complexity index is 320. The van der Waals surface area contributed by atoms with Gasteiger partial charge >= 0.3 is 0 Å². The van der Waals surface area contributed by atoms with E-state index in [1.165, 1.54) is 17.7 Å². The summed E-state index contributed by atoms with van der Waals surface area (Å²) < 4.78 is 0. The lowest BCUT2D eigenvalue weighted by atomic mass is 10.3. The lowest BCUT2D eigenvalue weighted by molar-refractivity contribution is -0.120. The molecular formula is C12H18N2OS. The Morgan fingerprint density at radius 3 is 3.00 bits per heavy atom. The van der Waals surface area contributed by atoms with Crippen LogP contribution in [0.5, 0.6) is 0 Å². The van der Waals surface area contributed by atoms with Gasteiger partial charge in [-0.1, -0.05) is 6.07 Å². The smallest absolute Gasteiger partial charge is 0.221 e. The van der Waals surface area contributed by atoms with E-state index in [-0.39, 0.29) is 5.91 Å². The molecule has 1 aliphatic carbocycles. The normalized spacial score (nSPS) is 15.0. The zero-order valence-electron chi connectivity index (χ0n) is 9.37. The van der Waals surface area contributed by atoms with Gasteiger partial charge in [0.15, 0.2) is 0 Å². The third-order valence-corrected chi connectivity index (χ3v) is 3.57. The van der Waals surface area contributed by atoms with Crippen LogP contribution >= 0.6 is 11.3 Å². The first kappa shape index (κ1) is 11.6. The van der Waals surface area contributed by atoms with Crippen molar-refractivity contribution in [2.45, 2.75) is 31.7 Å². The first-order valence-electron chi connectivity index (χ1n) is 5.87. The van der Waals surface area contributed by atoms with E-state index < -0.39 is 0 Å². The topological polar surface area (TPSA) is 41.1 Å². The summed E-state index contributed by atoms with van der Waals surface area (Å²) in [7, 11) is 0. The van der Waals surface area contributed by atoms with Gasteiger partial charge in [0.2, 0.25) is 5.91 Å². The number of rotatable bonds is 7. The molecule has 2 N–H and O–H groups in total. The number of thiophene rings is 1. The van der Waals surface area contributed by atoms with Gasteiger partial charge in [-0.05, 0) is 30.7 Å². The monoisotopic (exact) mass is 238 g/mol. The molecule has 0 unspecified atom stereocenters. The van der Waals surface area contributed by atoms with Crippen molar-refractivity contribution in [1.29, 1.82) is 0 Å². The highest BCUT2D eigenvalue weighted by Crippen LogP contribution is 2.18. The highest BCUT2D eigenvalue weighted by molar-refractivity contribution is 7.09. The van der Waals surface area contributed by atoms with E-state index >= 15 is 0 Å². The van der Waals surface area contributed by atoms with Crippen molar-refractivity contribution in [2.75, 3.05) is 13.1 Å². The molecule has 0 aliphatic heterocycles. The number of hydrogen-bond acceptors (Lipinski definition) is 3. The zero-order chi connectivity index (χ0) is 11.2. The lowest BCUT2D eigenvalue weighted by Gasteiger charge is -2.04. The SMILES string of the molecule is O=C(CCNC1CC1)NCCc1cccs1. The van der Waals surface area contributed by atoms with Gasteiger partial charge in [-0.2, -0.15) is 0 Å². The minimum absolute atomic E-state index is 0.157. The van der Waals surface area contributed by atoms with Crippen molar-refractivity contribution in [3.05, 3.63) is 22.4 Å². The second-order valence-corrected chi connectivity index (χ2v) is 5.19. The summed E-state index contributed by atoms with van der Waals surface area (Å²) in [5, 5.41) is 8.34. The fourth-order valence-electron chi connectivity index (χ4n) is 1.55. The van der Waals surface area contributed by atoms with Crippen LogP contribution in [0.1, 0.15) is 24.1 Å². The second-order valence-electron chi connectivity index (χ2n) is 4.16. The van der Waals surface area contributed by atoms with Crippen LogP contribution in [0.15, 0.2) is 17.5 Å². The molecule has 4 heteroatoms. The van der Waals surface area contributed by atoms with Crippen molar-refractivity contribution < 1.29 is 4.79 Å². The van der Waals surface area contributed by atoms with Gasteiger partial charge in [-0.15, -0.1) is 11.3 Å². The van der Waals surface area contributed by atoms with Crippen molar-refractivity contribution in [1.82, 2.24) is 10.6 Å². The molecule has 0 radical (unpaired) electrons. The van der Waals surface area contributed by atoms with Gasteiger partial charge in [-0.3, -0.25) is 4.79 Å². The summed E-state index contributed by atoms with van der Waals surface area (Å²) in [5.74, 6) is 0.157. The van der Waals surface area contributed by atoms with E-state index in [4.69, 9.17) is 0 Å². The zero-order valence-corrected chi connectivity index (χ0v) is 10.2. The number of carbonyl (C=O) groups excluding carboxylic acids is 1. The maximum atomic E-state index is 11.4. The van der Waals surface area contributed by atoms with E-state index in [0.29, 0.717) is 12.5 Å². The number of hydrogen-bond donors (Lipinski definition) is 2. The molecule has 1 heterocycles. The summed E-state index contributed by atoms with van der Waals surface area (Å²) in [4.78, 5) is 12.8. The molecule has 1 saturated carbocycles. The minimum Gasteiger partial charge on any atom is -0.356 e. The molecule has 1 aromatic rings. The van der Waals surface area contributed by atoms with Crippen molar-refractivity contribution in [3.8, 4) is 0 Å². The van der Waals surface area contributed by atoms with Crippen LogP contribution in [0, 0.1) is 0 Å². The quantitative estimate of drug-likeness (QED) is 0.756. The van der Waals surface area contributed by atoms with Crippen molar-refractivity contribution >= 4 is 17.2 Å². The molecule has 1 aromatic heterocycles. The van der Waals surface area contributed by atoms with Gasteiger partial charge < -0.3 is 10.6 Å². The number of carbonyl (C=O) groups is 1. The van der Waals surface area contributed by atoms with E-state index in [9.17, 15) is 4.79 Å². The third kappa shape index (κ3) is 4.33. The average molecular weight is 238 g/mol. The van der Waals surface area contributed by atoms with Gasteiger partial charge in [-0.25, -0.2) is 0 Å². The van der Waals surface area contributed by atoms with Gasteiger partial charge in [0.25, 0.3) is 0 Å². The fourth-order valence-corrected chi connectivity index (χ4v) is 2.25. The molecule has 0 saturated heterocycles. The molecule has 16 heavy (non-hydrogen) atoms. The molecule has 1 amide bonds. The van der Waals surface area contributed by atoms with Crippen LogP contribution in [-0.4, -0.2) is 25.0 Å². The summed E-state index contributed by atoms with van der Waals surface area (Å²) in [6.45, 7) is 1.57. The Kier molecular flexibility index (Phi) is 4.36. The van der Waals surface area contributed by atoms with Gasteiger partial charge in [0, 0.05) is 30.4 Å². The van der Waals surface area contributed by atoms with Gasteiger partial charge in [0.1, 0.15) is 0 Å². The molecule has 1 fully saturated rings. The predicted molar refractivity (Wildman–Crippen MR) is 66.7 cm³/mol. The first-order valence-corrected chi connectivity index (χ1v) is 6.75. The molecule has 2 rings (SSSR count). The Morgan fingerprint density at radius 1 is 1.44 bits per heavy atom. The molecule has 3 nitrogen and oxygen atoms in total. The standard InChI is InChI=1S/C12H18N2OS/c15-12(6-8-13-10-3-4-10)14-7-5-11-2-1-9-16-11/h1-2,9-10,13H,3-8H2,(H,14,15). The predicted octanol–water partition coefficient (Wildman–Crippen LogP) is 1.55. The number of nitrogens with one attached hydrogen (secondary N) is 2. The molecule has 0 spiro atoms. The van der Waals surface area contributed by atoms with E-state index in [1.807, 2.05) is 6.07 Å². The Balaban J connectivity index is 1.49. The Labute approximate surface area is 100 Å². The average Bonchev–Trinajstić information content (AvgIpc) is 2.94. The minimum atomic E-state index is 0.157. The summed E-state index contributed by atoms with van der Waals surface area (Å²) >= 11 is 1.74. The summed E-state index contributed by atoms with van der Waals surface area (Å²) in [6, 6.07) is 4.84. The van der Waals surface area contributed by atoms with E-state index in [1.54, 1.807) is 11.3 Å². The highest BCUT2D eigenvalue weighted by atomic mass is 32.1. The van der Waals surface area contributed by atoms with Crippen LogP contribution in [0.4, 0.5) is 0 Å². The summed E-state index contributed by atoms with van der Waals surface area (Å²) in [6.07, 6.45) is 4.10. The van der Waals surface area contributed by atoms with Gasteiger partial charge in [0.05, 0.1) is 0 Å². The Morgan fingerprint density at radius 2 is 2.31 bits per heavy atom.